The first-order valence-electron chi connectivity index (χ1n) is 2.55. The second kappa shape index (κ2) is 3.24. The molecule has 0 atom stereocenters. The minimum atomic E-state index is -0.170. The molecule has 0 aromatic heterocycles. The minimum Gasteiger partial charge on any atom is -0.875 e. The highest BCUT2D eigenvalue weighted by Gasteiger charge is 1.80. The number of carbonyl (C=O) groups is 1. The van der Waals surface area contributed by atoms with Crippen molar-refractivity contribution in [2.24, 2.45) is 0 Å². The Morgan fingerprint density at radius 3 is 2.38 bits per heavy atom. The van der Waals surface area contributed by atoms with Gasteiger partial charge in [0.05, 0.1) is 0 Å². The van der Waals surface area contributed by atoms with Gasteiger partial charge in [-0.3, -0.25) is 4.79 Å². The number of ketones is 1. The third-order valence-electron chi connectivity index (χ3n) is 0.713. The molecule has 0 saturated heterocycles. The van der Waals surface area contributed by atoms with Crippen molar-refractivity contribution < 1.29 is 9.90 Å². The molecule has 0 amide bonds. The zero-order valence-electron chi connectivity index (χ0n) is 5.10. The van der Waals surface area contributed by atoms with Gasteiger partial charge >= 0.3 is 0 Å². The van der Waals surface area contributed by atoms with Crippen molar-refractivity contribution in [1.29, 1.82) is 0 Å². The molecular formula is C6H9O2-. The fourth-order valence-corrected chi connectivity index (χ4v) is 0.329. The lowest BCUT2D eigenvalue weighted by Gasteiger charge is -2.04. The van der Waals surface area contributed by atoms with Gasteiger partial charge in [0.2, 0.25) is 0 Å². The highest BCUT2D eigenvalue weighted by Crippen LogP contribution is 1.88. The number of hydrogen-bond donors (Lipinski definition) is 0. The van der Waals surface area contributed by atoms with Gasteiger partial charge < -0.3 is 5.11 Å². The summed E-state index contributed by atoms with van der Waals surface area (Å²) in [6.07, 6.45) is 1.53. The van der Waals surface area contributed by atoms with E-state index in [2.05, 4.69) is 0 Å². The molecule has 0 saturated carbocycles. The van der Waals surface area contributed by atoms with Crippen LogP contribution in [-0.4, -0.2) is 5.78 Å². The van der Waals surface area contributed by atoms with Crippen molar-refractivity contribution in [3.8, 4) is 0 Å². The molecule has 0 N–H and O–H groups in total. The summed E-state index contributed by atoms with van der Waals surface area (Å²) in [7, 11) is 0. The zero-order valence-corrected chi connectivity index (χ0v) is 5.10. The summed E-state index contributed by atoms with van der Waals surface area (Å²) in [6.45, 7) is 3.09. The first-order chi connectivity index (χ1) is 3.66. The van der Waals surface area contributed by atoms with E-state index in [1.54, 1.807) is 6.92 Å². The molecule has 0 aliphatic carbocycles. The number of hydrogen-bond acceptors (Lipinski definition) is 2. The van der Waals surface area contributed by atoms with Gasteiger partial charge in [-0.1, -0.05) is 6.92 Å². The Hall–Kier alpha value is -0.790. The Bertz CT molecular complexity index is 114. The van der Waals surface area contributed by atoms with Gasteiger partial charge in [0, 0.05) is 0 Å². The lowest BCUT2D eigenvalue weighted by molar-refractivity contribution is -0.306. The molecule has 0 fully saturated rings. The second-order valence-electron chi connectivity index (χ2n) is 1.57. The summed E-state index contributed by atoms with van der Waals surface area (Å²) >= 11 is 0. The molecule has 46 valence electrons. The summed E-state index contributed by atoms with van der Waals surface area (Å²) < 4.78 is 0. The van der Waals surface area contributed by atoms with E-state index in [0.717, 1.165) is 6.08 Å². The normalized spacial score (nSPS) is 11.5. The smallest absolute Gasteiger partial charge is 0.151 e. The first-order valence-corrected chi connectivity index (χ1v) is 2.55. The number of carbonyl (C=O) groups excluding carboxylic acids is 1. The van der Waals surface area contributed by atoms with Crippen LogP contribution in [0.15, 0.2) is 11.8 Å². The molecule has 0 aromatic rings. The molecular weight excluding hydrogens is 104 g/mol. The van der Waals surface area contributed by atoms with Crippen molar-refractivity contribution in [3.05, 3.63) is 11.8 Å². The van der Waals surface area contributed by atoms with E-state index >= 15 is 0 Å². The van der Waals surface area contributed by atoms with Gasteiger partial charge in [-0.2, -0.15) is 0 Å². The monoisotopic (exact) mass is 113 g/mol. The molecule has 0 aliphatic rings. The quantitative estimate of drug-likeness (QED) is 0.380. The van der Waals surface area contributed by atoms with Crippen molar-refractivity contribution >= 4 is 5.78 Å². The lowest BCUT2D eigenvalue weighted by atomic mass is 10.3. The molecule has 0 rings (SSSR count). The van der Waals surface area contributed by atoms with Crippen molar-refractivity contribution in [2.45, 2.75) is 20.3 Å². The van der Waals surface area contributed by atoms with Crippen LogP contribution in [-0.2, 0) is 4.79 Å². The molecule has 2 heteroatoms. The Morgan fingerprint density at radius 2 is 2.25 bits per heavy atom. The van der Waals surface area contributed by atoms with Crippen LogP contribution in [0.4, 0.5) is 0 Å². The average Bonchev–Trinajstić information content (AvgIpc) is 1.65. The molecule has 0 aromatic carbocycles. The fraction of sp³-hybridized carbons (Fsp3) is 0.500. The van der Waals surface area contributed by atoms with Gasteiger partial charge in [0.25, 0.3) is 0 Å². The second-order valence-corrected chi connectivity index (χ2v) is 1.57. The van der Waals surface area contributed by atoms with Crippen LogP contribution in [0.2, 0.25) is 0 Å². The van der Waals surface area contributed by atoms with Gasteiger partial charge in [0.1, 0.15) is 0 Å². The van der Waals surface area contributed by atoms with Gasteiger partial charge in [-0.15, -0.1) is 5.76 Å². The summed E-state index contributed by atoms with van der Waals surface area (Å²) in [5.41, 5.74) is 0. The topological polar surface area (TPSA) is 40.1 Å². The molecule has 0 spiro atoms. The van der Waals surface area contributed by atoms with Crippen molar-refractivity contribution in [3.63, 3.8) is 0 Å². The van der Waals surface area contributed by atoms with E-state index in [-0.39, 0.29) is 11.5 Å². The maximum atomic E-state index is 10.3. The Balaban J connectivity index is 3.75. The van der Waals surface area contributed by atoms with E-state index in [4.69, 9.17) is 0 Å². The highest BCUT2D eigenvalue weighted by molar-refractivity contribution is 5.87. The molecule has 0 radical (unpaired) electrons. The van der Waals surface area contributed by atoms with Crippen LogP contribution < -0.4 is 5.11 Å². The Kier molecular flexibility index (Phi) is 2.92. The highest BCUT2D eigenvalue weighted by atomic mass is 16.3. The molecule has 0 aliphatic heterocycles. The van der Waals surface area contributed by atoms with E-state index in [0.29, 0.717) is 6.42 Å². The Morgan fingerprint density at radius 1 is 1.75 bits per heavy atom. The van der Waals surface area contributed by atoms with E-state index < -0.39 is 0 Å². The zero-order chi connectivity index (χ0) is 6.57. The summed E-state index contributed by atoms with van der Waals surface area (Å²) in [4.78, 5) is 10.1. The van der Waals surface area contributed by atoms with Crippen LogP contribution in [0.5, 0.6) is 0 Å². The van der Waals surface area contributed by atoms with E-state index in [1.165, 1.54) is 6.92 Å². The van der Waals surface area contributed by atoms with E-state index in [9.17, 15) is 9.90 Å². The number of rotatable bonds is 2. The van der Waals surface area contributed by atoms with E-state index in [1.807, 2.05) is 0 Å². The SMILES string of the molecule is CC/C([O-])=C/C(C)=O. The average molecular weight is 113 g/mol. The van der Waals surface area contributed by atoms with Crippen LogP contribution >= 0.6 is 0 Å². The summed E-state index contributed by atoms with van der Waals surface area (Å²) in [5, 5.41) is 10.3. The maximum absolute atomic E-state index is 10.3. The van der Waals surface area contributed by atoms with Gasteiger partial charge in [0.15, 0.2) is 5.78 Å². The molecule has 2 nitrogen and oxygen atoms in total. The first kappa shape index (κ1) is 7.21. The third kappa shape index (κ3) is 3.40. The van der Waals surface area contributed by atoms with Gasteiger partial charge in [-0.05, 0) is 19.4 Å². The Labute approximate surface area is 48.8 Å². The van der Waals surface area contributed by atoms with Crippen molar-refractivity contribution in [2.75, 3.05) is 0 Å². The van der Waals surface area contributed by atoms with Crippen molar-refractivity contribution in [1.82, 2.24) is 0 Å². The molecule has 8 heavy (non-hydrogen) atoms. The fourth-order valence-electron chi connectivity index (χ4n) is 0.329. The minimum absolute atomic E-state index is 0.0995. The molecule has 0 bridgehead atoms. The predicted octanol–water partition coefficient (Wildman–Crippen LogP) is 0.230. The summed E-state index contributed by atoms with van der Waals surface area (Å²) in [6, 6.07) is 0. The largest absolute Gasteiger partial charge is 0.875 e. The lowest BCUT2D eigenvalue weighted by Crippen LogP contribution is -2.03. The van der Waals surface area contributed by atoms with Crippen LogP contribution in [0.3, 0.4) is 0 Å². The van der Waals surface area contributed by atoms with Crippen LogP contribution in [0, 0.1) is 0 Å². The van der Waals surface area contributed by atoms with Crippen LogP contribution in [0.25, 0.3) is 0 Å². The van der Waals surface area contributed by atoms with Crippen LogP contribution in [0.1, 0.15) is 20.3 Å². The third-order valence-corrected chi connectivity index (χ3v) is 0.713. The number of allylic oxidation sites excluding steroid dienone is 2. The standard InChI is InChI=1S/C6H10O2/c1-3-6(8)4-5(2)7/h4,8H,3H2,1-2H3/p-1/b6-4-. The van der Waals surface area contributed by atoms with Gasteiger partial charge in [-0.25, -0.2) is 0 Å². The molecule has 0 heterocycles. The molecule has 0 unspecified atom stereocenters. The predicted molar refractivity (Wildman–Crippen MR) is 29.1 cm³/mol. The summed E-state index contributed by atoms with van der Waals surface area (Å²) in [5.74, 6) is -0.269. The maximum Gasteiger partial charge on any atom is 0.151 e.